The smallest absolute Gasteiger partial charge is 0.263 e. The van der Waals surface area contributed by atoms with Crippen molar-refractivity contribution in [3.63, 3.8) is 0 Å². The fourth-order valence-corrected chi connectivity index (χ4v) is 5.79. The number of thiazole rings is 1. The highest BCUT2D eigenvalue weighted by Crippen LogP contribution is 2.31. The number of H-pyrrole nitrogens is 1. The van der Waals surface area contributed by atoms with Gasteiger partial charge in [0, 0.05) is 28.3 Å². The molecule has 0 unspecified atom stereocenters. The molecule has 1 aromatic carbocycles. The van der Waals surface area contributed by atoms with E-state index in [0.717, 1.165) is 16.1 Å². The number of nitrogens with zero attached hydrogens (tertiary/aromatic N) is 1. The number of carbonyl (C=O) groups excluding carboxylic acids is 1. The monoisotopic (exact) mass is 403 g/mol. The lowest BCUT2D eigenvalue weighted by molar-refractivity contribution is -0.107. The molecule has 0 spiro atoms. The molecule has 4 rings (SSSR count). The molecule has 0 aliphatic rings. The van der Waals surface area contributed by atoms with Gasteiger partial charge in [0.05, 0.1) is 16.9 Å². The van der Waals surface area contributed by atoms with Gasteiger partial charge in [0.1, 0.15) is 16.2 Å². The van der Waals surface area contributed by atoms with Crippen LogP contribution in [0.3, 0.4) is 0 Å². The van der Waals surface area contributed by atoms with Crippen LogP contribution in [0, 0.1) is 0 Å². The first-order chi connectivity index (χ1) is 12.6. The summed E-state index contributed by atoms with van der Waals surface area (Å²) in [5.41, 5.74) is 1.97. The van der Waals surface area contributed by atoms with Gasteiger partial charge in [-0.15, -0.1) is 22.7 Å². The second-order valence-electron chi connectivity index (χ2n) is 5.47. The number of para-hydroxylation sites is 1. The molecule has 0 saturated carbocycles. The van der Waals surface area contributed by atoms with Crippen LogP contribution in [0.2, 0.25) is 0 Å². The van der Waals surface area contributed by atoms with E-state index >= 15 is 0 Å². The predicted molar refractivity (Wildman–Crippen MR) is 104 cm³/mol. The van der Waals surface area contributed by atoms with Crippen LogP contribution in [-0.2, 0) is 21.2 Å². The summed E-state index contributed by atoms with van der Waals surface area (Å²) in [5.74, 6) is 0. The molecule has 3 aromatic heterocycles. The van der Waals surface area contributed by atoms with E-state index in [9.17, 15) is 13.2 Å². The highest BCUT2D eigenvalue weighted by Gasteiger charge is 2.21. The first-order valence-electron chi connectivity index (χ1n) is 7.63. The molecule has 4 aromatic rings. The molecule has 26 heavy (non-hydrogen) atoms. The Morgan fingerprint density at radius 2 is 2.08 bits per heavy atom. The summed E-state index contributed by atoms with van der Waals surface area (Å²) in [6.45, 7) is 0. The largest absolute Gasteiger partial charge is 0.351 e. The molecule has 0 fully saturated rings. The van der Waals surface area contributed by atoms with Gasteiger partial charge < -0.3 is 9.78 Å². The molecule has 3 heterocycles. The number of hydrogen-bond acceptors (Lipinski definition) is 6. The molecular formula is C17H13N3O3S3. The van der Waals surface area contributed by atoms with Crippen LogP contribution in [0.4, 0.5) is 5.69 Å². The highest BCUT2D eigenvalue weighted by molar-refractivity contribution is 7.93. The molecule has 0 atom stereocenters. The second-order valence-corrected chi connectivity index (χ2v) is 9.02. The average Bonchev–Trinajstić information content (AvgIpc) is 3.35. The number of thiophene rings is 1. The van der Waals surface area contributed by atoms with Gasteiger partial charge in [-0.3, -0.25) is 4.72 Å². The summed E-state index contributed by atoms with van der Waals surface area (Å²) in [4.78, 5) is 19.0. The number of rotatable bonds is 6. The quantitative estimate of drug-likeness (QED) is 0.478. The van der Waals surface area contributed by atoms with Gasteiger partial charge in [-0.05, 0) is 23.6 Å². The highest BCUT2D eigenvalue weighted by atomic mass is 32.2. The van der Waals surface area contributed by atoms with Crippen molar-refractivity contribution in [1.29, 1.82) is 0 Å². The van der Waals surface area contributed by atoms with Gasteiger partial charge in [0.2, 0.25) is 0 Å². The SMILES string of the molecule is O=CCc1sccc1S(=O)(=O)Nc1cccc2cc(-c3nccs3)[nH]c12. The van der Waals surface area contributed by atoms with Crippen molar-refractivity contribution in [3.05, 3.63) is 52.2 Å². The van der Waals surface area contributed by atoms with Crippen molar-refractivity contribution in [2.45, 2.75) is 11.3 Å². The molecule has 0 aliphatic heterocycles. The summed E-state index contributed by atoms with van der Waals surface area (Å²) < 4.78 is 28.2. The van der Waals surface area contributed by atoms with Gasteiger partial charge in [-0.2, -0.15) is 0 Å². The summed E-state index contributed by atoms with van der Waals surface area (Å²) >= 11 is 2.76. The lowest BCUT2D eigenvalue weighted by atomic mass is 10.2. The number of fused-ring (bicyclic) bond motifs is 1. The minimum Gasteiger partial charge on any atom is -0.351 e. The molecule has 0 bridgehead atoms. The average molecular weight is 404 g/mol. The van der Waals surface area contributed by atoms with Crippen LogP contribution in [0.15, 0.2) is 52.2 Å². The molecular weight excluding hydrogens is 390 g/mol. The molecule has 9 heteroatoms. The number of anilines is 1. The second kappa shape index (κ2) is 6.67. The zero-order valence-electron chi connectivity index (χ0n) is 13.3. The van der Waals surface area contributed by atoms with E-state index in [1.165, 1.54) is 28.7 Å². The molecule has 132 valence electrons. The topological polar surface area (TPSA) is 91.9 Å². The Labute approximate surface area is 157 Å². The van der Waals surface area contributed by atoms with Gasteiger partial charge in [-0.1, -0.05) is 12.1 Å². The van der Waals surface area contributed by atoms with Crippen LogP contribution in [0.1, 0.15) is 4.88 Å². The van der Waals surface area contributed by atoms with Crippen molar-refractivity contribution in [3.8, 4) is 10.7 Å². The standard InChI is InChI=1S/C17H13N3O3S3/c21-7-4-14-15(5-8-24-14)26(22,23)20-12-3-1-2-11-10-13(19-16(11)12)17-18-6-9-25-17/h1-3,5-10,19-20H,4H2. The summed E-state index contributed by atoms with van der Waals surface area (Å²) in [6.07, 6.45) is 2.51. The lowest BCUT2D eigenvalue weighted by Crippen LogP contribution is -2.14. The van der Waals surface area contributed by atoms with Crippen LogP contribution in [-0.4, -0.2) is 24.7 Å². The van der Waals surface area contributed by atoms with Crippen LogP contribution in [0.5, 0.6) is 0 Å². The minimum absolute atomic E-state index is 0.0782. The van der Waals surface area contributed by atoms with Gasteiger partial charge >= 0.3 is 0 Å². The van der Waals surface area contributed by atoms with Crippen LogP contribution in [0.25, 0.3) is 21.6 Å². The van der Waals surface area contributed by atoms with Crippen molar-refractivity contribution < 1.29 is 13.2 Å². The third kappa shape index (κ3) is 3.05. The number of benzene rings is 1. The number of nitrogens with one attached hydrogen (secondary N) is 2. The molecule has 0 amide bonds. The number of hydrogen-bond donors (Lipinski definition) is 2. The normalized spacial score (nSPS) is 11.7. The fourth-order valence-electron chi connectivity index (χ4n) is 2.71. The first-order valence-corrected chi connectivity index (χ1v) is 10.9. The molecule has 0 radical (unpaired) electrons. The molecule has 0 aliphatic carbocycles. The Hall–Kier alpha value is -2.49. The summed E-state index contributed by atoms with van der Waals surface area (Å²) in [5, 5.41) is 5.27. The van der Waals surface area contributed by atoms with Crippen molar-refractivity contribution in [2.75, 3.05) is 4.72 Å². The van der Waals surface area contributed by atoms with E-state index in [-0.39, 0.29) is 11.3 Å². The number of carbonyl (C=O) groups is 1. The molecule has 0 saturated heterocycles. The van der Waals surface area contributed by atoms with E-state index in [2.05, 4.69) is 14.7 Å². The Morgan fingerprint density at radius 3 is 2.85 bits per heavy atom. The maximum atomic E-state index is 12.8. The van der Waals surface area contributed by atoms with E-state index in [0.29, 0.717) is 22.4 Å². The van der Waals surface area contributed by atoms with E-state index in [4.69, 9.17) is 0 Å². The zero-order valence-corrected chi connectivity index (χ0v) is 15.7. The van der Waals surface area contributed by atoms with Gasteiger partial charge in [-0.25, -0.2) is 13.4 Å². The minimum atomic E-state index is -3.79. The third-order valence-corrected chi connectivity index (χ3v) is 7.16. The maximum Gasteiger partial charge on any atom is 0.263 e. The number of aromatic amines is 1. The Bertz CT molecular complexity index is 1170. The van der Waals surface area contributed by atoms with E-state index in [1.54, 1.807) is 23.7 Å². The van der Waals surface area contributed by atoms with Crippen LogP contribution >= 0.6 is 22.7 Å². The van der Waals surface area contributed by atoms with Gasteiger partial charge in [0.15, 0.2) is 0 Å². The van der Waals surface area contributed by atoms with Crippen LogP contribution < -0.4 is 4.72 Å². The van der Waals surface area contributed by atoms with Gasteiger partial charge in [0.25, 0.3) is 10.0 Å². The summed E-state index contributed by atoms with van der Waals surface area (Å²) in [6, 6.07) is 8.85. The Morgan fingerprint density at radius 1 is 1.19 bits per heavy atom. The Balaban J connectivity index is 1.75. The Kier molecular flexibility index (Phi) is 4.35. The summed E-state index contributed by atoms with van der Waals surface area (Å²) in [7, 11) is -3.79. The molecule has 2 N–H and O–H groups in total. The maximum absolute atomic E-state index is 12.8. The number of sulfonamides is 1. The van der Waals surface area contributed by atoms with Crippen molar-refractivity contribution in [1.82, 2.24) is 9.97 Å². The third-order valence-electron chi connectivity index (χ3n) is 3.83. The fraction of sp³-hybridized carbons (Fsp3) is 0.0588. The first kappa shape index (κ1) is 17.0. The van der Waals surface area contributed by atoms with Crippen molar-refractivity contribution in [2.24, 2.45) is 0 Å². The van der Waals surface area contributed by atoms with E-state index < -0.39 is 10.0 Å². The zero-order chi connectivity index (χ0) is 18.1. The number of aromatic nitrogens is 2. The lowest BCUT2D eigenvalue weighted by Gasteiger charge is -2.09. The van der Waals surface area contributed by atoms with E-state index in [1.807, 2.05) is 17.5 Å². The number of aldehydes is 1. The molecule has 6 nitrogen and oxygen atoms in total. The van der Waals surface area contributed by atoms with Crippen molar-refractivity contribution >= 4 is 55.6 Å². The predicted octanol–water partition coefficient (Wildman–Crippen LogP) is 3.90.